The molecule has 152 valence electrons. The number of hydrogen-bond donors (Lipinski definition) is 1. The van der Waals surface area contributed by atoms with E-state index < -0.39 is 5.91 Å². The van der Waals surface area contributed by atoms with Crippen molar-refractivity contribution in [2.45, 2.75) is 26.2 Å². The van der Waals surface area contributed by atoms with Crippen LogP contribution in [-0.2, 0) is 4.79 Å². The fourth-order valence-electron chi connectivity index (χ4n) is 2.52. The van der Waals surface area contributed by atoms with Gasteiger partial charge in [-0.2, -0.15) is 5.26 Å². The molecule has 29 heavy (non-hydrogen) atoms. The molecule has 2 aromatic carbocycles. The molecular weight excluding hydrogens is 411 g/mol. The summed E-state index contributed by atoms with van der Waals surface area (Å²) in [6, 6.07) is 11.8. The van der Waals surface area contributed by atoms with Crippen molar-refractivity contribution in [1.29, 1.82) is 5.26 Å². The van der Waals surface area contributed by atoms with Gasteiger partial charge < -0.3 is 14.8 Å². The van der Waals surface area contributed by atoms with E-state index in [-0.39, 0.29) is 10.6 Å². The smallest absolute Gasteiger partial charge is 0.266 e. The van der Waals surface area contributed by atoms with E-state index in [0.29, 0.717) is 34.4 Å². The van der Waals surface area contributed by atoms with Crippen molar-refractivity contribution in [2.24, 2.45) is 0 Å². The minimum absolute atomic E-state index is 0.0744. The monoisotopic (exact) mass is 432 g/mol. The molecule has 0 atom stereocenters. The molecule has 1 amide bonds. The van der Waals surface area contributed by atoms with Gasteiger partial charge in [0.2, 0.25) is 0 Å². The Kier molecular flexibility index (Phi) is 8.85. The Morgan fingerprint density at radius 3 is 2.62 bits per heavy atom. The van der Waals surface area contributed by atoms with Gasteiger partial charge in [-0.3, -0.25) is 4.79 Å². The van der Waals surface area contributed by atoms with Gasteiger partial charge in [0.1, 0.15) is 11.6 Å². The Labute approximate surface area is 180 Å². The molecule has 7 heteroatoms. The van der Waals surface area contributed by atoms with Crippen molar-refractivity contribution >= 4 is 40.9 Å². The minimum atomic E-state index is -0.574. The standard InChI is InChI=1S/C22H22Cl2N2O3/c1-3-4-5-10-29-20-9-6-15(12-21(20)28-2)11-16(14-25)22(27)26-19-8-7-17(23)13-18(19)24/h6-9,11-13H,3-5,10H2,1-2H3,(H,26,27)/b16-11-. The average Bonchev–Trinajstić information content (AvgIpc) is 2.71. The lowest BCUT2D eigenvalue weighted by Crippen LogP contribution is -2.13. The maximum Gasteiger partial charge on any atom is 0.266 e. The molecule has 0 spiro atoms. The quantitative estimate of drug-likeness (QED) is 0.294. The van der Waals surface area contributed by atoms with Gasteiger partial charge in [-0.1, -0.05) is 49.0 Å². The fourth-order valence-corrected chi connectivity index (χ4v) is 2.98. The normalized spacial score (nSPS) is 10.9. The van der Waals surface area contributed by atoms with Crippen LogP contribution in [0.3, 0.4) is 0 Å². The maximum atomic E-state index is 12.5. The van der Waals surface area contributed by atoms with Crippen molar-refractivity contribution in [3.63, 3.8) is 0 Å². The zero-order valence-electron chi connectivity index (χ0n) is 16.3. The number of nitrogens with zero attached hydrogens (tertiary/aromatic N) is 1. The van der Waals surface area contributed by atoms with Crippen LogP contribution in [0.25, 0.3) is 6.08 Å². The van der Waals surface area contributed by atoms with E-state index in [2.05, 4.69) is 12.2 Å². The van der Waals surface area contributed by atoms with Crippen LogP contribution in [0.15, 0.2) is 42.0 Å². The molecule has 0 fully saturated rings. The van der Waals surface area contributed by atoms with E-state index in [9.17, 15) is 10.1 Å². The predicted octanol–water partition coefficient (Wildman–Crippen LogP) is 6.12. The largest absolute Gasteiger partial charge is 0.493 e. The highest BCUT2D eigenvalue weighted by atomic mass is 35.5. The molecule has 1 N–H and O–H groups in total. The summed E-state index contributed by atoms with van der Waals surface area (Å²) in [5.74, 6) is 0.584. The summed E-state index contributed by atoms with van der Waals surface area (Å²) in [4.78, 5) is 12.5. The molecule has 0 saturated carbocycles. The first-order valence-corrected chi connectivity index (χ1v) is 9.93. The Hall–Kier alpha value is -2.68. The zero-order valence-corrected chi connectivity index (χ0v) is 17.8. The summed E-state index contributed by atoms with van der Waals surface area (Å²) in [6.07, 6.45) is 4.65. The molecule has 0 unspecified atom stereocenters. The summed E-state index contributed by atoms with van der Waals surface area (Å²) in [7, 11) is 1.54. The molecule has 5 nitrogen and oxygen atoms in total. The molecule has 0 aliphatic heterocycles. The molecule has 0 saturated heterocycles. The fraction of sp³-hybridized carbons (Fsp3) is 0.273. The number of carbonyl (C=O) groups excluding carboxylic acids is 1. The van der Waals surface area contributed by atoms with Crippen LogP contribution in [0, 0.1) is 11.3 Å². The number of ether oxygens (including phenoxy) is 2. The number of carbonyl (C=O) groups is 1. The van der Waals surface area contributed by atoms with Crippen molar-refractivity contribution in [2.75, 3.05) is 19.0 Å². The Bertz CT molecular complexity index is 936. The number of halogens is 2. The lowest BCUT2D eigenvalue weighted by Gasteiger charge is -2.11. The van der Waals surface area contributed by atoms with Crippen LogP contribution in [0.4, 0.5) is 5.69 Å². The third-order valence-corrected chi connectivity index (χ3v) is 4.60. The van der Waals surface area contributed by atoms with Gasteiger partial charge in [0, 0.05) is 5.02 Å². The summed E-state index contributed by atoms with van der Waals surface area (Å²) in [6.45, 7) is 2.73. The van der Waals surface area contributed by atoms with E-state index in [4.69, 9.17) is 32.7 Å². The second-order valence-electron chi connectivity index (χ2n) is 6.21. The Morgan fingerprint density at radius 1 is 1.17 bits per heavy atom. The second kappa shape index (κ2) is 11.4. The minimum Gasteiger partial charge on any atom is -0.493 e. The first-order chi connectivity index (χ1) is 14.0. The van der Waals surface area contributed by atoms with Gasteiger partial charge in [-0.15, -0.1) is 0 Å². The number of anilines is 1. The molecule has 0 aromatic heterocycles. The van der Waals surface area contributed by atoms with E-state index in [1.165, 1.54) is 12.1 Å². The lowest BCUT2D eigenvalue weighted by atomic mass is 10.1. The summed E-state index contributed by atoms with van der Waals surface area (Å²) in [5.41, 5.74) is 0.932. The Balaban J connectivity index is 2.16. The van der Waals surface area contributed by atoms with Gasteiger partial charge in [0.25, 0.3) is 5.91 Å². The SMILES string of the molecule is CCCCCOc1ccc(/C=C(/C#N)C(=O)Nc2ccc(Cl)cc2Cl)cc1OC. The number of amides is 1. The first kappa shape index (κ1) is 22.6. The van der Waals surface area contributed by atoms with E-state index in [0.717, 1.165) is 19.3 Å². The summed E-state index contributed by atoms with van der Waals surface area (Å²) in [5, 5.41) is 12.8. The van der Waals surface area contributed by atoms with E-state index in [1.54, 1.807) is 37.4 Å². The number of rotatable bonds is 9. The summed E-state index contributed by atoms with van der Waals surface area (Å²) < 4.78 is 11.1. The molecule has 0 aliphatic carbocycles. The molecule has 0 heterocycles. The van der Waals surface area contributed by atoms with Gasteiger partial charge >= 0.3 is 0 Å². The van der Waals surface area contributed by atoms with Crippen molar-refractivity contribution in [1.82, 2.24) is 0 Å². The van der Waals surface area contributed by atoms with Crippen molar-refractivity contribution in [3.8, 4) is 17.6 Å². The highest BCUT2D eigenvalue weighted by Crippen LogP contribution is 2.30. The number of benzene rings is 2. The van der Waals surface area contributed by atoms with Crippen molar-refractivity contribution in [3.05, 3.63) is 57.6 Å². The number of nitrogens with one attached hydrogen (secondary N) is 1. The van der Waals surface area contributed by atoms with Crippen LogP contribution in [0.5, 0.6) is 11.5 Å². The van der Waals surface area contributed by atoms with Crippen LogP contribution in [0.2, 0.25) is 10.0 Å². The van der Waals surface area contributed by atoms with Gasteiger partial charge in [-0.25, -0.2) is 0 Å². The van der Waals surface area contributed by atoms with Crippen LogP contribution >= 0.6 is 23.2 Å². The molecule has 2 aromatic rings. The number of methoxy groups -OCH3 is 1. The first-order valence-electron chi connectivity index (χ1n) is 9.17. The topological polar surface area (TPSA) is 71.3 Å². The highest BCUT2D eigenvalue weighted by Gasteiger charge is 2.13. The number of nitriles is 1. The van der Waals surface area contributed by atoms with Crippen LogP contribution in [0.1, 0.15) is 31.7 Å². The lowest BCUT2D eigenvalue weighted by molar-refractivity contribution is -0.112. The van der Waals surface area contributed by atoms with E-state index in [1.807, 2.05) is 6.07 Å². The second-order valence-corrected chi connectivity index (χ2v) is 7.06. The number of unbranched alkanes of at least 4 members (excludes halogenated alkanes) is 2. The number of hydrogen-bond acceptors (Lipinski definition) is 4. The van der Waals surface area contributed by atoms with Crippen molar-refractivity contribution < 1.29 is 14.3 Å². The third-order valence-electron chi connectivity index (χ3n) is 4.05. The third kappa shape index (κ3) is 6.70. The summed E-state index contributed by atoms with van der Waals surface area (Å²) >= 11 is 11.9. The molecule has 0 radical (unpaired) electrons. The highest BCUT2D eigenvalue weighted by molar-refractivity contribution is 6.36. The molecule has 0 bridgehead atoms. The zero-order chi connectivity index (χ0) is 21.2. The van der Waals surface area contributed by atoms with E-state index >= 15 is 0 Å². The predicted molar refractivity (Wildman–Crippen MR) is 117 cm³/mol. The maximum absolute atomic E-state index is 12.5. The molecule has 0 aliphatic rings. The molecule has 2 rings (SSSR count). The van der Waals surface area contributed by atoms with Gasteiger partial charge in [0.15, 0.2) is 11.5 Å². The van der Waals surface area contributed by atoms with Crippen LogP contribution in [-0.4, -0.2) is 19.6 Å². The van der Waals surface area contributed by atoms with Crippen LogP contribution < -0.4 is 14.8 Å². The van der Waals surface area contributed by atoms with Gasteiger partial charge in [0.05, 0.1) is 24.4 Å². The van der Waals surface area contributed by atoms with Gasteiger partial charge in [-0.05, 0) is 48.4 Å². The Morgan fingerprint density at radius 2 is 1.97 bits per heavy atom. The molecular formula is C22H22Cl2N2O3. The average molecular weight is 433 g/mol.